The lowest BCUT2D eigenvalue weighted by molar-refractivity contribution is -0.117. The van der Waals surface area contributed by atoms with Gasteiger partial charge in [0.2, 0.25) is 5.91 Å². The molecule has 1 fully saturated rings. The van der Waals surface area contributed by atoms with Crippen LogP contribution < -0.4 is 5.32 Å². The lowest BCUT2D eigenvalue weighted by Crippen LogP contribution is -2.38. The van der Waals surface area contributed by atoms with Gasteiger partial charge in [0.15, 0.2) is 0 Å². The molecule has 1 aliphatic rings. The first-order valence-corrected chi connectivity index (χ1v) is 9.65. The monoisotopic (exact) mass is 404 g/mol. The summed E-state index contributed by atoms with van der Waals surface area (Å²) in [6, 6.07) is 4.94. The summed E-state index contributed by atoms with van der Waals surface area (Å²) in [4.78, 5) is 28.9. The second-order valence-electron chi connectivity index (χ2n) is 7.44. The number of amides is 2. The molecule has 0 bridgehead atoms. The zero-order chi connectivity index (χ0) is 21.1. The molecular formula is C21H26F2N4O2. The largest absolute Gasteiger partial charge is 0.351 e. The van der Waals surface area contributed by atoms with E-state index >= 15 is 0 Å². The molecule has 0 aliphatic carbocycles. The zero-order valence-corrected chi connectivity index (χ0v) is 17.0. The number of aromatic nitrogens is 1. The van der Waals surface area contributed by atoms with E-state index in [-0.39, 0.29) is 24.0 Å². The Labute approximate surface area is 169 Å². The zero-order valence-electron chi connectivity index (χ0n) is 17.0. The van der Waals surface area contributed by atoms with E-state index in [9.17, 15) is 18.4 Å². The van der Waals surface area contributed by atoms with E-state index in [1.807, 2.05) is 41.3 Å². The predicted octanol–water partition coefficient (Wildman–Crippen LogP) is 2.71. The molecular weight excluding hydrogens is 378 g/mol. The minimum atomic E-state index is -0.806. The van der Waals surface area contributed by atoms with Crippen LogP contribution in [0.15, 0.2) is 24.3 Å². The quantitative estimate of drug-likeness (QED) is 0.853. The number of carbonyl (C=O) groups excluding carboxylic acids is 2. The third-order valence-electron chi connectivity index (χ3n) is 5.45. The molecule has 1 aromatic carbocycles. The van der Waals surface area contributed by atoms with Gasteiger partial charge in [-0.2, -0.15) is 0 Å². The molecule has 1 aromatic heterocycles. The molecule has 2 aromatic rings. The summed E-state index contributed by atoms with van der Waals surface area (Å²) in [5.74, 6) is -1.86. The topological polar surface area (TPSA) is 57.6 Å². The molecule has 1 N–H and O–H groups in total. The minimum Gasteiger partial charge on any atom is -0.351 e. The van der Waals surface area contributed by atoms with Crippen molar-refractivity contribution in [3.8, 4) is 0 Å². The third kappa shape index (κ3) is 4.82. The first-order chi connectivity index (χ1) is 13.8. The highest BCUT2D eigenvalue weighted by atomic mass is 19.1. The summed E-state index contributed by atoms with van der Waals surface area (Å²) in [7, 11) is 1.94. The fourth-order valence-electron chi connectivity index (χ4n) is 3.56. The number of hydrogen-bond acceptors (Lipinski definition) is 3. The van der Waals surface area contributed by atoms with Crippen LogP contribution in [0, 0.1) is 25.5 Å². The molecule has 0 atom stereocenters. The van der Waals surface area contributed by atoms with Gasteiger partial charge in [-0.15, -0.1) is 0 Å². The maximum atomic E-state index is 13.7. The van der Waals surface area contributed by atoms with Crippen LogP contribution >= 0.6 is 0 Å². The van der Waals surface area contributed by atoms with Crippen molar-refractivity contribution in [1.82, 2.24) is 14.4 Å². The molecule has 2 heterocycles. The van der Waals surface area contributed by atoms with Crippen LogP contribution in [0.25, 0.3) is 0 Å². The van der Waals surface area contributed by atoms with Gasteiger partial charge in [0.25, 0.3) is 5.91 Å². The van der Waals surface area contributed by atoms with Crippen molar-refractivity contribution in [3.05, 3.63) is 52.9 Å². The molecule has 0 spiro atoms. The van der Waals surface area contributed by atoms with Gasteiger partial charge < -0.3 is 14.8 Å². The molecule has 0 saturated carbocycles. The highest BCUT2D eigenvalue weighted by molar-refractivity contribution is 5.96. The van der Waals surface area contributed by atoms with Crippen molar-refractivity contribution in [3.63, 3.8) is 0 Å². The maximum Gasteiger partial charge on any atom is 0.255 e. The van der Waals surface area contributed by atoms with E-state index in [0.717, 1.165) is 29.9 Å². The Hall–Kier alpha value is -2.74. The van der Waals surface area contributed by atoms with E-state index in [2.05, 4.69) is 5.32 Å². The Morgan fingerprint density at radius 1 is 1.07 bits per heavy atom. The normalized spacial score (nSPS) is 15.3. The standard InChI is InChI=1S/C21H26F2N4O2/c1-14-11-17(15(2)25(14)3)21(29)27-8-4-7-26(9-10-27)13-20(28)24-19-6-5-16(22)12-18(19)23/h5-6,11-12H,4,7-10,13H2,1-3H3,(H,24,28). The van der Waals surface area contributed by atoms with E-state index in [1.165, 1.54) is 6.07 Å². The molecule has 6 nitrogen and oxygen atoms in total. The molecule has 1 aliphatic heterocycles. The van der Waals surface area contributed by atoms with Gasteiger partial charge in [0, 0.05) is 50.7 Å². The van der Waals surface area contributed by atoms with Crippen LogP contribution in [-0.4, -0.2) is 58.9 Å². The van der Waals surface area contributed by atoms with Gasteiger partial charge in [-0.3, -0.25) is 14.5 Å². The Morgan fingerprint density at radius 3 is 2.48 bits per heavy atom. The summed E-state index contributed by atoms with van der Waals surface area (Å²) in [6.45, 7) is 6.34. The van der Waals surface area contributed by atoms with E-state index in [4.69, 9.17) is 0 Å². The van der Waals surface area contributed by atoms with Crippen molar-refractivity contribution in [1.29, 1.82) is 0 Å². The van der Waals surface area contributed by atoms with Crippen molar-refractivity contribution in [2.75, 3.05) is 38.0 Å². The Balaban J connectivity index is 1.57. The van der Waals surface area contributed by atoms with Crippen LogP contribution in [-0.2, 0) is 11.8 Å². The van der Waals surface area contributed by atoms with Crippen LogP contribution in [0.4, 0.5) is 14.5 Å². The predicted molar refractivity (Wildman–Crippen MR) is 107 cm³/mol. The van der Waals surface area contributed by atoms with Gasteiger partial charge >= 0.3 is 0 Å². The average Bonchev–Trinajstić information content (AvgIpc) is 2.84. The van der Waals surface area contributed by atoms with Gasteiger partial charge in [0.05, 0.1) is 17.8 Å². The highest BCUT2D eigenvalue weighted by Gasteiger charge is 2.24. The minimum absolute atomic E-state index is 0.00545. The number of halogens is 2. The maximum absolute atomic E-state index is 13.7. The summed E-state index contributed by atoms with van der Waals surface area (Å²) in [5.41, 5.74) is 2.64. The summed E-state index contributed by atoms with van der Waals surface area (Å²) < 4.78 is 28.7. The number of hydrogen-bond donors (Lipinski definition) is 1. The fraction of sp³-hybridized carbons (Fsp3) is 0.429. The van der Waals surface area contributed by atoms with Gasteiger partial charge in [-0.25, -0.2) is 8.78 Å². The second kappa shape index (κ2) is 8.73. The van der Waals surface area contributed by atoms with Crippen molar-refractivity contribution in [2.45, 2.75) is 20.3 Å². The number of nitrogens with zero attached hydrogens (tertiary/aromatic N) is 3. The number of aryl methyl sites for hydroxylation is 1. The Kier molecular flexibility index (Phi) is 6.32. The van der Waals surface area contributed by atoms with Crippen LogP contribution in [0.2, 0.25) is 0 Å². The van der Waals surface area contributed by atoms with Gasteiger partial charge in [0.1, 0.15) is 11.6 Å². The van der Waals surface area contributed by atoms with E-state index in [0.29, 0.717) is 31.7 Å². The number of carbonyl (C=O) groups is 2. The molecule has 1 saturated heterocycles. The van der Waals surface area contributed by atoms with E-state index in [1.54, 1.807) is 0 Å². The van der Waals surface area contributed by atoms with Crippen molar-refractivity contribution in [2.24, 2.45) is 7.05 Å². The number of benzene rings is 1. The molecule has 3 rings (SSSR count). The molecule has 156 valence electrons. The molecule has 0 unspecified atom stereocenters. The Morgan fingerprint density at radius 2 is 1.83 bits per heavy atom. The molecule has 0 radical (unpaired) electrons. The van der Waals surface area contributed by atoms with Crippen LogP contribution in [0.5, 0.6) is 0 Å². The summed E-state index contributed by atoms with van der Waals surface area (Å²) in [6.07, 6.45) is 0.745. The highest BCUT2D eigenvalue weighted by Crippen LogP contribution is 2.18. The SMILES string of the molecule is Cc1cc(C(=O)N2CCCN(CC(=O)Nc3ccc(F)cc3F)CC2)c(C)n1C. The van der Waals surface area contributed by atoms with Crippen molar-refractivity contribution >= 4 is 17.5 Å². The number of nitrogens with one attached hydrogen (secondary N) is 1. The molecule has 8 heteroatoms. The van der Waals surface area contributed by atoms with Crippen molar-refractivity contribution < 1.29 is 18.4 Å². The third-order valence-corrected chi connectivity index (χ3v) is 5.45. The van der Waals surface area contributed by atoms with E-state index < -0.39 is 11.6 Å². The lowest BCUT2D eigenvalue weighted by atomic mass is 10.2. The number of anilines is 1. The smallest absolute Gasteiger partial charge is 0.255 e. The molecule has 2 amide bonds. The summed E-state index contributed by atoms with van der Waals surface area (Å²) >= 11 is 0. The summed E-state index contributed by atoms with van der Waals surface area (Å²) in [5, 5.41) is 2.48. The first-order valence-electron chi connectivity index (χ1n) is 9.65. The van der Waals surface area contributed by atoms with Crippen LogP contribution in [0.1, 0.15) is 28.2 Å². The average molecular weight is 404 g/mol. The second-order valence-corrected chi connectivity index (χ2v) is 7.44. The molecule has 29 heavy (non-hydrogen) atoms. The van der Waals surface area contributed by atoms with Crippen LogP contribution in [0.3, 0.4) is 0 Å². The van der Waals surface area contributed by atoms with Gasteiger partial charge in [-0.05, 0) is 38.5 Å². The lowest BCUT2D eigenvalue weighted by Gasteiger charge is -2.22. The fourth-order valence-corrected chi connectivity index (χ4v) is 3.56. The van der Waals surface area contributed by atoms with Gasteiger partial charge in [-0.1, -0.05) is 0 Å². The number of rotatable bonds is 4. The Bertz CT molecular complexity index is 926. The first kappa shape index (κ1) is 21.0.